The fraction of sp³-hybridized carbons (Fsp3) is 0.118. The first-order chi connectivity index (χ1) is 12.2. The molecule has 3 rings (SSSR count). The lowest BCUT2D eigenvalue weighted by molar-refractivity contribution is 0.0696. The smallest absolute Gasteiger partial charge is 0.335 e. The molecule has 3 aromatic rings. The number of carboxylic acids is 1. The molecule has 0 fully saturated rings. The van der Waals surface area contributed by atoms with Gasteiger partial charge in [0.05, 0.1) is 10.5 Å². The molecule has 0 unspecified atom stereocenters. The lowest BCUT2D eigenvalue weighted by Crippen LogP contribution is -2.14. The molecule has 9 heteroatoms. The second-order valence-corrected chi connectivity index (χ2v) is 8.52. The Morgan fingerprint density at radius 1 is 1.12 bits per heavy atom. The van der Waals surface area contributed by atoms with Crippen LogP contribution in [0.1, 0.15) is 20.9 Å². The number of carboxylic acid groups (broad SMARTS) is 1. The van der Waals surface area contributed by atoms with Crippen molar-refractivity contribution in [1.29, 1.82) is 0 Å². The predicted octanol–water partition coefficient (Wildman–Crippen LogP) is 3.32. The summed E-state index contributed by atoms with van der Waals surface area (Å²) in [5.41, 5.74) is 1.56. The SMILES string of the molecule is Cc1cc(C(=O)O)cc(S(=O)(=O)Nc2cccc(-c3nnc(C)s3)c2)c1. The Morgan fingerprint density at radius 3 is 2.54 bits per heavy atom. The highest BCUT2D eigenvalue weighted by atomic mass is 32.2. The maximum atomic E-state index is 12.7. The summed E-state index contributed by atoms with van der Waals surface area (Å²) in [5.74, 6) is -1.18. The highest BCUT2D eigenvalue weighted by molar-refractivity contribution is 7.92. The normalized spacial score (nSPS) is 11.3. The second-order valence-electron chi connectivity index (χ2n) is 5.65. The van der Waals surface area contributed by atoms with E-state index in [1.165, 1.54) is 23.5 Å². The van der Waals surface area contributed by atoms with Crippen LogP contribution in [-0.2, 0) is 10.0 Å². The van der Waals surface area contributed by atoms with E-state index in [1.807, 2.05) is 13.0 Å². The first-order valence-electron chi connectivity index (χ1n) is 7.53. The third-order valence-corrected chi connectivity index (χ3v) is 5.74. The van der Waals surface area contributed by atoms with Crippen LogP contribution in [0.5, 0.6) is 0 Å². The first kappa shape index (κ1) is 18.0. The fourth-order valence-corrected chi connectivity index (χ4v) is 4.24. The van der Waals surface area contributed by atoms with Gasteiger partial charge in [0.2, 0.25) is 0 Å². The molecule has 0 atom stereocenters. The number of carbonyl (C=O) groups is 1. The summed E-state index contributed by atoms with van der Waals surface area (Å²) in [7, 11) is -3.93. The van der Waals surface area contributed by atoms with E-state index >= 15 is 0 Å². The van der Waals surface area contributed by atoms with Gasteiger partial charge in [-0.05, 0) is 49.7 Å². The minimum absolute atomic E-state index is 0.0801. The van der Waals surface area contributed by atoms with Gasteiger partial charge in [0.25, 0.3) is 10.0 Å². The summed E-state index contributed by atoms with van der Waals surface area (Å²) in [6, 6.07) is 10.8. The lowest BCUT2D eigenvalue weighted by atomic mass is 10.1. The minimum Gasteiger partial charge on any atom is -0.478 e. The standard InChI is InChI=1S/C17H15N3O4S2/c1-10-6-13(17(21)22)9-15(7-10)26(23,24)20-14-5-3-4-12(8-14)16-19-18-11(2)25-16/h3-9,20H,1-2H3,(H,21,22). The van der Waals surface area contributed by atoms with E-state index in [1.54, 1.807) is 25.1 Å². The average molecular weight is 389 g/mol. The topological polar surface area (TPSA) is 109 Å². The molecule has 26 heavy (non-hydrogen) atoms. The van der Waals surface area contributed by atoms with Gasteiger partial charge in [0.15, 0.2) is 0 Å². The molecule has 1 aromatic heterocycles. The maximum Gasteiger partial charge on any atom is 0.335 e. The Bertz CT molecular complexity index is 1090. The van der Waals surface area contributed by atoms with Crippen molar-refractivity contribution < 1.29 is 18.3 Å². The van der Waals surface area contributed by atoms with Gasteiger partial charge in [0.1, 0.15) is 10.0 Å². The van der Waals surface area contributed by atoms with E-state index in [-0.39, 0.29) is 10.5 Å². The van der Waals surface area contributed by atoms with Crippen molar-refractivity contribution in [3.8, 4) is 10.6 Å². The van der Waals surface area contributed by atoms with Crippen molar-refractivity contribution in [1.82, 2.24) is 10.2 Å². The molecule has 0 saturated heterocycles. The van der Waals surface area contributed by atoms with Gasteiger partial charge in [-0.1, -0.05) is 23.5 Å². The average Bonchev–Trinajstić information content (AvgIpc) is 3.00. The summed E-state index contributed by atoms with van der Waals surface area (Å²) in [5, 5.41) is 18.6. The number of nitrogens with zero attached hydrogens (tertiary/aromatic N) is 2. The van der Waals surface area contributed by atoms with Crippen molar-refractivity contribution in [2.24, 2.45) is 0 Å². The summed E-state index contributed by atoms with van der Waals surface area (Å²) in [6.45, 7) is 3.48. The summed E-state index contributed by atoms with van der Waals surface area (Å²) in [6.07, 6.45) is 0. The molecule has 0 saturated carbocycles. The van der Waals surface area contributed by atoms with Crippen LogP contribution in [0.4, 0.5) is 5.69 Å². The Hall–Kier alpha value is -2.78. The number of sulfonamides is 1. The van der Waals surface area contributed by atoms with E-state index in [4.69, 9.17) is 5.11 Å². The Kier molecular flexibility index (Phi) is 4.75. The molecule has 7 nitrogen and oxygen atoms in total. The van der Waals surface area contributed by atoms with Crippen LogP contribution in [-0.4, -0.2) is 29.7 Å². The molecule has 0 aliphatic heterocycles. The van der Waals surface area contributed by atoms with Crippen LogP contribution >= 0.6 is 11.3 Å². The van der Waals surface area contributed by atoms with Gasteiger partial charge in [0, 0.05) is 11.3 Å². The summed E-state index contributed by atoms with van der Waals surface area (Å²) < 4.78 is 27.8. The molecule has 2 aromatic carbocycles. The molecule has 0 amide bonds. The number of aromatic carboxylic acids is 1. The summed E-state index contributed by atoms with van der Waals surface area (Å²) >= 11 is 1.41. The van der Waals surface area contributed by atoms with Crippen LogP contribution in [0.15, 0.2) is 47.4 Å². The molecule has 1 heterocycles. The van der Waals surface area contributed by atoms with Crippen LogP contribution in [0.3, 0.4) is 0 Å². The van der Waals surface area contributed by atoms with Crippen LogP contribution < -0.4 is 4.72 Å². The molecular weight excluding hydrogens is 374 g/mol. The number of nitrogens with one attached hydrogen (secondary N) is 1. The number of hydrogen-bond donors (Lipinski definition) is 2. The quantitative estimate of drug-likeness (QED) is 0.693. The number of anilines is 1. The zero-order valence-corrected chi connectivity index (χ0v) is 15.6. The molecule has 0 aliphatic rings. The first-order valence-corrected chi connectivity index (χ1v) is 9.83. The van der Waals surface area contributed by atoms with E-state index in [0.29, 0.717) is 16.3 Å². The van der Waals surface area contributed by atoms with Crippen LogP contribution in [0, 0.1) is 13.8 Å². The maximum absolute atomic E-state index is 12.7. The second kappa shape index (κ2) is 6.85. The molecule has 134 valence electrons. The number of rotatable bonds is 5. The zero-order chi connectivity index (χ0) is 18.9. The third-order valence-electron chi connectivity index (χ3n) is 3.50. The number of aryl methyl sites for hydroxylation is 2. The molecule has 0 spiro atoms. The third kappa shape index (κ3) is 3.89. The van der Waals surface area contributed by atoms with Gasteiger partial charge < -0.3 is 5.11 Å². The van der Waals surface area contributed by atoms with E-state index in [9.17, 15) is 13.2 Å². The molecule has 2 N–H and O–H groups in total. The molecule has 0 aliphatic carbocycles. The largest absolute Gasteiger partial charge is 0.478 e. The minimum atomic E-state index is -3.93. The number of hydrogen-bond acceptors (Lipinski definition) is 6. The Balaban J connectivity index is 1.94. The highest BCUT2D eigenvalue weighted by Gasteiger charge is 2.18. The van der Waals surface area contributed by atoms with Gasteiger partial charge in [-0.3, -0.25) is 4.72 Å². The van der Waals surface area contributed by atoms with Gasteiger partial charge in [-0.25, -0.2) is 13.2 Å². The van der Waals surface area contributed by atoms with Crippen molar-refractivity contribution in [3.63, 3.8) is 0 Å². The zero-order valence-electron chi connectivity index (χ0n) is 13.9. The van der Waals surface area contributed by atoms with Gasteiger partial charge >= 0.3 is 5.97 Å². The lowest BCUT2D eigenvalue weighted by Gasteiger charge is -2.10. The van der Waals surface area contributed by atoms with Crippen molar-refractivity contribution in [2.45, 2.75) is 18.7 Å². The fourth-order valence-electron chi connectivity index (χ4n) is 2.37. The van der Waals surface area contributed by atoms with Crippen molar-refractivity contribution in [3.05, 3.63) is 58.6 Å². The number of benzene rings is 2. The molecule has 0 radical (unpaired) electrons. The van der Waals surface area contributed by atoms with Crippen LogP contribution in [0.25, 0.3) is 10.6 Å². The predicted molar refractivity (Wildman–Crippen MR) is 99.0 cm³/mol. The highest BCUT2D eigenvalue weighted by Crippen LogP contribution is 2.27. The van der Waals surface area contributed by atoms with Crippen LogP contribution in [0.2, 0.25) is 0 Å². The van der Waals surface area contributed by atoms with Gasteiger partial charge in [-0.2, -0.15) is 0 Å². The Morgan fingerprint density at radius 2 is 1.88 bits per heavy atom. The monoisotopic (exact) mass is 389 g/mol. The van der Waals surface area contributed by atoms with Crippen molar-refractivity contribution >= 4 is 33.0 Å². The summed E-state index contributed by atoms with van der Waals surface area (Å²) in [4.78, 5) is 11.1. The van der Waals surface area contributed by atoms with E-state index in [2.05, 4.69) is 14.9 Å². The molecule has 0 bridgehead atoms. The Labute approximate surface area is 154 Å². The van der Waals surface area contributed by atoms with E-state index < -0.39 is 16.0 Å². The van der Waals surface area contributed by atoms with Gasteiger partial charge in [-0.15, -0.1) is 10.2 Å². The van der Waals surface area contributed by atoms with Crippen molar-refractivity contribution in [2.75, 3.05) is 4.72 Å². The number of aromatic nitrogens is 2. The van der Waals surface area contributed by atoms with E-state index in [0.717, 1.165) is 16.6 Å². The molecular formula is C17H15N3O4S2.